The van der Waals surface area contributed by atoms with E-state index in [2.05, 4.69) is 5.10 Å². The minimum absolute atomic E-state index is 0.288. The Morgan fingerprint density at radius 3 is 2.78 bits per heavy atom. The molecule has 7 heteroatoms. The monoisotopic (exact) mass is 264 g/mol. The van der Waals surface area contributed by atoms with Gasteiger partial charge in [0.2, 0.25) is 0 Å². The van der Waals surface area contributed by atoms with Crippen molar-refractivity contribution in [2.45, 2.75) is 33.0 Å². The molecule has 0 saturated heterocycles. The van der Waals surface area contributed by atoms with Crippen LogP contribution in [0.25, 0.3) is 0 Å². The molecule has 0 unspecified atom stereocenters. The molecular weight excluding hydrogens is 249 g/mol. The standard InChI is InChI=1S/C11H15F3N2O2/c1-3-18-10(17)8(2)4-9-5-15-16(6-9)7-11(12,13)14/h5-6,8H,3-4,7H2,1-2H3/t8-/m0/s1. The van der Waals surface area contributed by atoms with E-state index in [1.807, 2.05) is 0 Å². The smallest absolute Gasteiger partial charge is 0.408 e. The van der Waals surface area contributed by atoms with Crippen LogP contribution < -0.4 is 0 Å². The summed E-state index contributed by atoms with van der Waals surface area (Å²) in [6, 6.07) is 0. The van der Waals surface area contributed by atoms with Gasteiger partial charge in [-0.1, -0.05) is 6.92 Å². The summed E-state index contributed by atoms with van der Waals surface area (Å²) in [6.45, 7) is 2.53. The fourth-order valence-electron chi connectivity index (χ4n) is 1.50. The molecule has 0 aromatic carbocycles. The number of hydrogen-bond acceptors (Lipinski definition) is 3. The number of rotatable bonds is 5. The van der Waals surface area contributed by atoms with Crippen LogP contribution in [-0.2, 0) is 22.5 Å². The van der Waals surface area contributed by atoms with Gasteiger partial charge in [-0.25, -0.2) is 0 Å². The molecule has 0 N–H and O–H groups in total. The van der Waals surface area contributed by atoms with Crippen LogP contribution in [0.15, 0.2) is 12.4 Å². The first-order valence-electron chi connectivity index (χ1n) is 5.56. The van der Waals surface area contributed by atoms with Gasteiger partial charge in [0.25, 0.3) is 0 Å². The van der Waals surface area contributed by atoms with Crippen LogP contribution in [0.1, 0.15) is 19.4 Å². The molecule has 0 saturated carbocycles. The molecule has 0 amide bonds. The van der Waals surface area contributed by atoms with Gasteiger partial charge in [-0.05, 0) is 18.9 Å². The average molecular weight is 264 g/mol. The Bertz CT molecular complexity index is 401. The highest BCUT2D eigenvalue weighted by molar-refractivity contribution is 5.72. The predicted molar refractivity (Wildman–Crippen MR) is 57.8 cm³/mol. The predicted octanol–water partition coefficient (Wildman–Crippen LogP) is 2.19. The topological polar surface area (TPSA) is 44.1 Å². The van der Waals surface area contributed by atoms with Gasteiger partial charge < -0.3 is 4.74 Å². The van der Waals surface area contributed by atoms with Crippen LogP contribution in [0.3, 0.4) is 0 Å². The van der Waals surface area contributed by atoms with E-state index in [1.165, 1.54) is 12.4 Å². The lowest BCUT2D eigenvalue weighted by molar-refractivity contribution is -0.147. The van der Waals surface area contributed by atoms with Crippen LogP contribution in [0.5, 0.6) is 0 Å². The van der Waals surface area contributed by atoms with Crippen LogP contribution in [0.2, 0.25) is 0 Å². The van der Waals surface area contributed by atoms with E-state index >= 15 is 0 Å². The van der Waals surface area contributed by atoms with Crippen molar-refractivity contribution in [2.24, 2.45) is 5.92 Å². The van der Waals surface area contributed by atoms with Gasteiger partial charge in [-0.2, -0.15) is 18.3 Å². The Hall–Kier alpha value is -1.53. The zero-order valence-electron chi connectivity index (χ0n) is 10.2. The summed E-state index contributed by atoms with van der Waals surface area (Å²) in [7, 11) is 0. The highest BCUT2D eigenvalue weighted by atomic mass is 19.4. The SMILES string of the molecule is CCOC(=O)[C@@H](C)Cc1cnn(CC(F)(F)F)c1. The van der Waals surface area contributed by atoms with Crippen LogP contribution in [0.4, 0.5) is 13.2 Å². The minimum atomic E-state index is -4.30. The first-order valence-corrected chi connectivity index (χ1v) is 5.56. The number of alkyl halides is 3. The number of carbonyl (C=O) groups is 1. The van der Waals surface area contributed by atoms with Gasteiger partial charge in [0.15, 0.2) is 0 Å². The summed E-state index contributed by atoms with van der Waals surface area (Å²) in [5.41, 5.74) is 0.583. The molecule has 0 aliphatic carbocycles. The quantitative estimate of drug-likeness (QED) is 0.766. The van der Waals surface area contributed by atoms with E-state index in [1.54, 1.807) is 13.8 Å². The van der Waals surface area contributed by atoms with Gasteiger partial charge in [-0.15, -0.1) is 0 Å². The van der Waals surface area contributed by atoms with Crippen LogP contribution in [0, 0.1) is 5.92 Å². The van der Waals surface area contributed by atoms with Crippen molar-refractivity contribution in [3.05, 3.63) is 18.0 Å². The van der Waals surface area contributed by atoms with Crippen LogP contribution in [-0.4, -0.2) is 28.5 Å². The Morgan fingerprint density at radius 1 is 1.56 bits per heavy atom. The molecule has 0 aliphatic rings. The average Bonchev–Trinajstić information content (AvgIpc) is 2.63. The Morgan fingerprint density at radius 2 is 2.22 bits per heavy atom. The number of nitrogens with zero attached hydrogens (tertiary/aromatic N) is 2. The number of aromatic nitrogens is 2. The maximum Gasteiger partial charge on any atom is 0.408 e. The molecule has 102 valence electrons. The maximum atomic E-state index is 12.1. The van der Waals surface area contributed by atoms with E-state index in [4.69, 9.17) is 4.74 Å². The van der Waals surface area contributed by atoms with Crippen molar-refractivity contribution in [1.29, 1.82) is 0 Å². The third-order valence-corrected chi connectivity index (χ3v) is 2.26. The zero-order chi connectivity index (χ0) is 13.8. The highest BCUT2D eigenvalue weighted by Gasteiger charge is 2.28. The second kappa shape index (κ2) is 5.88. The number of esters is 1. The lowest BCUT2D eigenvalue weighted by Gasteiger charge is -2.08. The van der Waals surface area contributed by atoms with E-state index in [-0.39, 0.29) is 12.6 Å². The number of hydrogen-bond donors (Lipinski definition) is 0. The van der Waals surface area contributed by atoms with Crippen molar-refractivity contribution < 1.29 is 22.7 Å². The van der Waals surface area contributed by atoms with Crippen molar-refractivity contribution in [3.63, 3.8) is 0 Å². The lowest BCUT2D eigenvalue weighted by atomic mass is 10.0. The summed E-state index contributed by atoms with van der Waals surface area (Å²) in [4.78, 5) is 11.4. The molecule has 4 nitrogen and oxygen atoms in total. The van der Waals surface area contributed by atoms with Gasteiger partial charge in [0.1, 0.15) is 6.54 Å². The fourth-order valence-corrected chi connectivity index (χ4v) is 1.50. The van der Waals surface area contributed by atoms with E-state index in [9.17, 15) is 18.0 Å². The van der Waals surface area contributed by atoms with Gasteiger partial charge in [-0.3, -0.25) is 9.48 Å². The summed E-state index contributed by atoms with van der Waals surface area (Å²) >= 11 is 0. The van der Waals surface area contributed by atoms with E-state index in [0.717, 1.165) is 4.68 Å². The molecule has 0 fully saturated rings. The van der Waals surface area contributed by atoms with Crippen LogP contribution >= 0.6 is 0 Å². The second-order valence-corrected chi connectivity index (χ2v) is 4.02. The molecule has 0 radical (unpaired) electrons. The van der Waals surface area contributed by atoms with Crippen molar-refractivity contribution in [2.75, 3.05) is 6.61 Å². The van der Waals surface area contributed by atoms with Gasteiger partial charge >= 0.3 is 12.1 Å². The summed E-state index contributed by atoms with van der Waals surface area (Å²) < 4.78 is 42.0. The minimum Gasteiger partial charge on any atom is -0.466 e. The number of ether oxygens (including phenoxy) is 1. The highest BCUT2D eigenvalue weighted by Crippen LogP contribution is 2.18. The third kappa shape index (κ3) is 4.77. The Balaban J connectivity index is 2.56. The second-order valence-electron chi connectivity index (χ2n) is 4.02. The summed E-state index contributed by atoms with van der Waals surface area (Å²) in [5, 5.41) is 3.60. The lowest BCUT2D eigenvalue weighted by Crippen LogP contribution is -2.18. The fraction of sp³-hybridized carbons (Fsp3) is 0.636. The number of carbonyl (C=O) groups excluding carboxylic acids is 1. The third-order valence-electron chi connectivity index (χ3n) is 2.26. The first-order chi connectivity index (χ1) is 8.31. The molecule has 18 heavy (non-hydrogen) atoms. The number of halogens is 3. The molecule has 1 rings (SSSR count). The van der Waals surface area contributed by atoms with E-state index in [0.29, 0.717) is 12.0 Å². The van der Waals surface area contributed by atoms with Crippen molar-refractivity contribution in [3.8, 4) is 0 Å². The summed E-state index contributed by atoms with van der Waals surface area (Å²) in [5.74, 6) is -0.755. The van der Waals surface area contributed by atoms with Crippen molar-refractivity contribution >= 4 is 5.97 Å². The Kier molecular flexibility index (Phi) is 4.75. The summed E-state index contributed by atoms with van der Waals surface area (Å²) in [6.07, 6.45) is -1.35. The van der Waals surface area contributed by atoms with Gasteiger partial charge in [0, 0.05) is 6.20 Å². The molecule has 1 atom stereocenters. The molecular formula is C11H15F3N2O2. The molecule has 0 aliphatic heterocycles. The molecule has 1 aromatic rings. The molecule has 1 aromatic heterocycles. The Labute approximate surface area is 103 Å². The molecule has 0 spiro atoms. The van der Waals surface area contributed by atoms with Gasteiger partial charge in [0.05, 0.1) is 18.7 Å². The normalized spacial score (nSPS) is 13.4. The van der Waals surface area contributed by atoms with Crippen molar-refractivity contribution in [1.82, 2.24) is 9.78 Å². The first kappa shape index (κ1) is 14.5. The maximum absolute atomic E-state index is 12.1. The molecule has 0 bridgehead atoms. The zero-order valence-corrected chi connectivity index (χ0v) is 10.2. The largest absolute Gasteiger partial charge is 0.466 e. The molecule has 1 heterocycles. The van der Waals surface area contributed by atoms with E-state index < -0.39 is 18.6 Å².